The highest BCUT2D eigenvalue weighted by molar-refractivity contribution is 14.1. The minimum atomic E-state index is -0.185. The number of hydrogen-bond donors (Lipinski definition) is 0. The molecule has 3 aromatic carbocycles. The van der Waals surface area contributed by atoms with Crippen LogP contribution in [0.15, 0.2) is 69.0 Å². The standard InChI is InChI=1S/C26H21BrClI2N3O2/c1-3-15(2)25-32-23-9-6-18(27)12-20(23)26(34)33(25)31-13-17-10-21(29)24(22(30)11-17)35-14-16-4-7-19(28)8-5-16/h4-13,15H,3,14H2,1-2H3/t15-/m1/s1. The van der Waals surface area contributed by atoms with E-state index >= 15 is 0 Å². The summed E-state index contributed by atoms with van der Waals surface area (Å²) in [6.45, 7) is 4.57. The van der Waals surface area contributed by atoms with Crippen LogP contribution in [0.5, 0.6) is 5.75 Å². The third kappa shape index (κ3) is 6.26. The van der Waals surface area contributed by atoms with Crippen molar-refractivity contribution in [1.29, 1.82) is 0 Å². The molecule has 0 N–H and O–H groups in total. The van der Waals surface area contributed by atoms with Gasteiger partial charge in [0, 0.05) is 15.4 Å². The lowest BCUT2D eigenvalue weighted by molar-refractivity contribution is 0.302. The Balaban J connectivity index is 1.66. The molecule has 0 aliphatic carbocycles. The van der Waals surface area contributed by atoms with Gasteiger partial charge in [-0.15, -0.1) is 0 Å². The van der Waals surface area contributed by atoms with Gasteiger partial charge in [0.15, 0.2) is 0 Å². The molecule has 0 fully saturated rings. The third-order valence-electron chi connectivity index (χ3n) is 5.53. The molecule has 9 heteroatoms. The van der Waals surface area contributed by atoms with E-state index < -0.39 is 0 Å². The number of aromatic nitrogens is 2. The monoisotopic (exact) mass is 775 g/mol. The molecule has 0 amide bonds. The SMILES string of the molecule is CC[C@@H](C)c1nc2ccc(Br)cc2c(=O)n1N=Cc1cc(I)c(OCc2ccc(Cl)cc2)c(I)c1. The highest BCUT2D eigenvalue weighted by Gasteiger charge is 2.16. The second-order valence-electron chi connectivity index (χ2n) is 8.03. The van der Waals surface area contributed by atoms with E-state index in [0.717, 1.165) is 34.9 Å². The zero-order valence-electron chi connectivity index (χ0n) is 18.9. The second kappa shape index (κ2) is 11.7. The normalized spacial score (nSPS) is 12.4. The Morgan fingerprint density at radius 3 is 2.49 bits per heavy atom. The zero-order chi connectivity index (χ0) is 25.1. The van der Waals surface area contributed by atoms with E-state index in [2.05, 4.69) is 80.1 Å². The van der Waals surface area contributed by atoms with Gasteiger partial charge in [-0.25, -0.2) is 4.98 Å². The number of ether oxygens (including phenoxy) is 1. The van der Waals surface area contributed by atoms with Crippen LogP contribution in [-0.2, 0) is 6.61 Å². The number of nitrogens with zero attached hydrogens (tertiary/aromatic N) is 3. The predicted octanol–water partition coefficient (Wildman–Crippen LogP) is 8.00. The Morgan fingerprint density at radius 1 is 1.14 bits per heavy atom. The molecule has 0 saturated carbocycles. The van der Waals surface area contributed by atoms with Crippen LogP contribution in [0.2, 0.25) is 5.02 Å². The van der Waals surface area contributed by atoms with Crippen LogP contribution in [0.4, 0.5) is 0 Å². The Labute approximate surface area is 244 Å². The van der Waals surface area contributed by atoms with E-state index in [0.29, 0.717) is 28.4 Å². The van der Waals surface area contributed by atoms with Crippen molar-refractivity contribution in [2.45, 2.75) is 32.8 Å². The van der Waals surface area contributed by atoms with Crippen molar-refractivity contribution in [2.24, 2.45) is 5.10 Å². The molecule has 4 rings (SSSR count). The van der Waals surface area contributed by atoms with Crippen molar-refractivity contribution in [3.05, 3.63) is 98.5 Å². The minimum absolute atomic E-state index is 0.0804. The molecule has 0 spiro atoms. The van der Waals surface area contributed by atoms with Gasteiger partial charge in [0.2, 0.25) is 0 Å². The van der Waals surface area contributed by atoms with Crippen LogP contribution in [0, 0.1) is 7.14 Å². The molecule has 0 saturated heterocycles. The maximum atomic E-state index is 13.3. The lowest BCUT2D eigenvalue weighted by atomic mass is 10.1. The van der Waals surface area contributed by atoms with Crippen LogP contribution in [0.25, 0.3) is 10.9 Å². The van der Waals surface area contributed by atoms with E-state index in [-0.39, 0.29) is 11.5 Å². The summed E-state index contributed by atoms with van der Waals surface area (Å²) in [6.07, 6.45) is 2.55. The average Bonchev–Trinajstić information content (AvgIpc) is 2.83. The molecule has 0 unspecified atom stereocenters. The summed E-state index contributed by atoms with van der Waals surface area (Å²) in [5.41, 5.74) is 2.40. The molecule has 1 heterocycles. The lowest BCUT2D eigenvalue weighted by Gasteiger charge is -2.14. The molecule has 1 atom stereocenters. The van der Waals surface area contributed by atoms with Crippen LogP contribution in [0.3, 0.4) is 0 Å². The highest BCUT2D eigenvalue weighted by atomic mass is 127. The number of fused-ring (bicyclic) bond motifs is 1. The molecule has 1 aromatic heterocycles. The molecule has 35 heavy (non-hydrogen) atoms. The van der Waals surface area contributed by atoms with Gasteiger partial charge in [0.05, 0.1) is 24.3 Å². The summed E-state index contributed by atoms with van der Waals surface area (Å²) < 4.78 is 10.3. The van der Waals surface area contributed by atoms with Crippen molar-refractivity contribution in [1.82, 2.24) is 9.66 Å². The first-order valence-corrected chi connectivity index (χ1v) is 14.2. The lowest BCUT2D eigenvalue weighted by Crippen LogP contribution is -2.23. The smallest absolute Gasteiger partial charge is 0.282 e. The van der Waals surface area contributed by atoms with Gasteiger partial charge in [-0.1, -0.05) is 53.5 Å². The fraction of sp³-hybridized carbons (Fsp3) is 0.192. The minimum Gasteiger partial charge on any atom is -0.487 e. The predicted molar refractivity (Wildman–Crippen MR) is 163 cm³/mol. The first-order chi connectivity index (χ1) is 16.8. The molecular weight excluding hydrogens is 755 g/mol. The average molecular weight is 777 g/mol. The molecule has 180 valence electrons. The summed E-state index contributed by atoms with van der Waals surface area (Å²) in [5, 5.41) is 5.81. The van der Waals surface area contributed by atoms with Crippen LogP contribution < -0.4 is 10.3 Å². The topological polar surface area (TPSA) is 56.5 Å². The molecule has 0 bridgehead atoms. The summed E-state index contributed by atoms with van der Waals surface area (Å²) in [6, 6.07) is 17.1. The van der Waals surface area contributed by atoms with Gasteiger partial charge in [0.1, 0.15) is 18.2 Å². The molecular formula is C26H21BrClI2N3O2. The van der Waals surface area contributed by atoms with E-state index in [9.17, 15) is 4.79 Å². The highest BCUT2D eigenvalue weighted by Crippen LogP contribution is 2.29. The summed E-state index contributed by atoms with van der Waals surface area (Å²) in [7, 11) is 0. The van der Waals surface area contributed by atoms with Crippen molar-refractivity contribution >= 4 is 89.8 Å². The third-order valence-corrected chi connectivity index (χ3v) is 7.87. The van der Waals surface area contributed by atoms with Gasteiger partial charge in [-0.3, -0.25) is 4.79 Å². The Hall–Kier alpha value is -1.50. The van der Waals surface area contributed by atoms with Gasteiger partial charge in [-0.05, 0) is 105 Å². The zero-order valence-corrected chi connectivity index (χ0v) is 25.6. The largest absolute Gasteiger partial charge is 0.487 e. The van der Waals surface area contributed by atoms with Crippen LogP contribution in [0.1, 0.15) is 43.1 Å². The second-order valence-corrected chi connectivity index (χ2v) is 11.7. The fourth-order valence-electron chi connectivity index (χ4n) is 3.43. The first kappa shape index (κ1) is 26.6. The van der Waals surface area contributed by atoms with Gasteiger partial charge >= 0.3 is 0 Å². The maximum Gasteiger partial charge on any atom is 0.282 e. The first-order valence-electron chi connectivity index (χ1n) is 10.9. The summed E-state index contributed by atoms with van der Waals surface area (Å²) in [4.78, 5) is 18.1. The molecule has 0 aliphatic rings. The van der Waals surface area contributed by atoms with Gasteiger partial charge in [-0.2, -0.15) is 9.78 Å². The maximum absolute atomic E-state index is 13.3. The quantitative estimate of drug-likeness (QED) is 0.141. The summed E-state index contributed by atoms with van der Waals surface area (Å²) >= 11 is 13.9. The Morgan fingerprint density at radius 2 is 1.83 bits per heavy atom. The van der Waals surface area contributed by atoms with E-state index in [4.69, 9.17) is 21.3 Å². The Kier molecular flexibility index (Phi) is 8.88. The van der Waals surface area contributed by atoms with Crippen molar-refractivity contribution < 1.29 is 4.74 Å². The fourth-order valence-corrected chi connectivity index (χ4v) is 6.05. The van der Waals surface area contributed by atoms with Crippen LogP contribution >= 0.6 is 72.7 Å². The molecule has 0 radical (unpaired) electrons. The van der Waals surface area contributed by atoms with E-state index in [1.807, 2.05) is 48.5 Å². The van der Waals surface area contributed by atoms with E-state index in [1.165, 1.54) is 4.68 Å². The Bertz CT molecular complexity index is 1450. The molecule has 5 nitrogen and oxygen atoms in total. The number of halogens is 4. The van der Waals surface area contributed by atoms with E-state index in [1.54, 1.807) is 12.3 Å². The summed E-state index contributed by atoms with van der Waals surface area (Å²) in [5.74, 6) is 1.54. The molecule has 4 aromatic rings. The van der Waals surface area contributed by atoms with Crippen LogP contribution in [-0.4, -0.2) is 15.9 Å². The van der Waals surface area contributed by atoms with Gasteiger partial charge in [0.25, 0.3) is 5.56 Å². The number of hydrogen-bond acceptors (Lipinski definition) is 4. The molecule has 0 aliphatic heterocycles. The number of benzene rings is 3. The number of rotatable bonds is 7. The van der Waals surface area contributed by atoms with Crippen molar-refractivity contribution in [3.63, 3.8) is 0 Å². The van der Waals surface area contributed by atoms with Gasteiger partial charge < -0.3 is 4.74 Å². The van der Waals surface area contributed by atoms with Crippen molar-refractivity contribution in [2.75, 3.05) is 0 Å². The van der Waals surface area contributed by atoms with Crippen molar-refractivity contribution in [3.8, 4) is 5.75 Å².